The SMILES string of the molecule is CC(C)(C)[S+]([O-])N[C@@](C)(C[C@](C)(O[Si](C)(C)C)C(F)(F)F)c1ccccc1F. The summed E-state index contributed by atoms with van der Waals surface area (Å²) in [6.07, 6.45) is -5.32. The van der Waals surface area contributed by atoms with Gasteiger partial charge in [-0.1, -0.05) is 18.2 Å². The molecular formula is C19H31F4NO2SSi. The molecule has 0 fully saturated rings. The summed E-state index contributed by atoms with van der Waals surface area (Å²) in [5, 5.41) is 0. The maximum Gasteiger partial charge on any atom is 0.416 e. The lowest BCUT2D eigenvalue weighted by Gasteiger charge is -2.44. The van der Waals surface area contributed by atoms with Gasteiger partial charge >= 0.3 is 6.18 Å². The Morgan fingerprint density at radius 1 is 1.04 bits per heavy atom. The Kier molecular flexibility index (Phi) is 7.50. The number of hydrogen-bond acceptors (Lipinski definition) is 3. The first kappa shape index (κ1) is 25.4. The van der Waals surface area contributed by atoms with Crippen molar-refractivity contribution in [1.82, 2.24) is 4.72 Å². The Hall–Kier alpha value is -0.613. The van der Waals surface area contributed by atoms with Gasteiger partial charge in [0.2, 0.25) is 0 Å². The highest BCUT2D eigenvalue weighted by molar-refractivity contribution is 7.90. The highest BCUT2D eigenvalue weighted by atomic mass is 32.2. The van der Waals surface area contributed by atoms with Crippen molar-refractivity contribution in [3.8, 4) is 0 Å². The summed E-state index contributed by atoms with van der Waals surface area (Å²) in [5.74, 6) is -0.666. The lowest BCUT2D eigenvalue weighted by atomic mass is 9.81. The quantitative estimate of drug-likeness (QED) is 0.338. The molecule has 0 radical (unpaired) electrons. The summed E-state index contributed by atoms with van der Waals surface area (Å²) in [6, 6.07) is 5.59. The van der Waals surface area contributed by atoms with Crippen molar-refractivity contribution < 1.29 is 26.5 Å². The maximum absolute atomic E-state index is 14.6. The van der Waals surface area contributed by atoms with Gasteiger partial charge in [0.1, 0.15) is 10.6 Å². The third-order valence-corrected chi connectivity index (χ3v) is 6.98. The average molecular weight is 442 g/mol. The second-order valence-corrected chi connectivity index (χ2v) is 15.8. The molecule has 3 atom stereocenters. The molecule has 0 aliphatic rings. The van der Waals surface area contributed by atoms with Gasteiger partial charge in [-0.3, -0.25) is 0 Å². The Bertz CT molecular complexity index is 675. The molecule has 1 unspecified atom stereocenters. The van der Waals surface area contributed by atoms with Gasteiger partial charge in [-0.05, 0) is 60.3 Å². The first-order chi connectivity index (χ1) is 12.3. The highest BCUT2D eigenvalue weighted by Crippen LogP contribution is 2.45. The zero-order valence-electron chi connectivity index (χ0n) is 17.8. The monoisotopic (exact) mass is 441 g/mol. The van der Waals surface area contributed by atoms with E-state index in [0.717, 1.165) is 6.92 Å². The molecular weight excluding hydrogens is 410 g/mol. The van der Waals surface area contributed by atoms with Gasteiger partial charge in [-0.2, -0.15) is 13.2 Å². The van der Waals surface area contributed by atoms with Gasteiger partial charge in [0.15, 0.2) is 13.9 Å². The summed E-state index contributed by atoms with van der Waals surface area (Å²) in [6.45, 7) is 12.5. The van der Waals surface area contributed by atoms with Crippen LogP contribution in [0.25, 0.3) is 0 Å². The zero-order chi connectivity index (χ0) is 22.2. The smallest absolute Gasteiger partial charge is 0.416 e. The van der Waals surface area contributed by atoms with E-state index in [0.29, 0.717) is 0 Å². The van der Waals surface area contributed by atoms with Crippen LogP contribution in [0.4, 0.5) is 17.6 Å². The molecule has 0 aromatic heterocycles. The van der Waals surface area contributed by atoms with Gasteiger partial charge in [-0.15, -0.1) is 4.72 Å². The van der Waals surface area contributed by atoms with E-state index in [9.17, 15) is 22.1 Å². The zero-order valence-corrected chi connectivity index (χ0v) is 19.6. The topological polar surface area (TPSA) is 44.3 Å². The van der Waals surface area contributed by atoms with Crippen LogP contribution in [0.5, 0.6) is 0 Å². The second-order valence-electron chi connectivity index (χ2n) is 9.41. The van der Waals surface area contributed by atoms with Crippen LogP contribution < -0.4 is 4.72 Å². The molecule has 0 aliphatic heterocycles. The maximum atomic E-state index is 14.6. The minimum atomic E-state index is -4.69. The van der Waals surface area contributed by atoms with Crippen LogP contribution in [0.3, 0.4) is 0 Å². The largest absolute Gasteiger partial charge is 0.598 e. The van der Waals surface area contributed by atoms with Crippen molar-refractivity contribution in [3.63, 3.8) is 0 Å². The molecule has 0 heterocycles. The molecule has 0 saturated heterocycles. The number of alkyl halides is 3. The van der Waals surface area contributed by atoms with E-state index in [2.05, 4.69) is 4.72 Å². The molecule has 1 N–H and O–H groups in total. The number of nitrogens with one attached hydrogen (secondary N) is 1. The van der Waals surface area contributed by atoms with E-state index in [4.69, 9.17) is 4.43 Å². The standard InChI is InChI=1S/C19H31F4NO2SSi/c1-16(2,3)27(25)24-17(4,14-11-9-10-12-15(14)20)13-18(5,19(21,22)23)26-28(6,7)8/h9-12,24H,13H2,1-8H3/t17-,18-,27?/m0/s1. The van der Waals surface area contributed by atoms with E-state index in [1.54, 1.807) is 46.5 Å². The van der Waals surface area contributed by atoms with Crippen molar-refractivity contribution in [3.05, 3.63) is 35.6 Å². The van der Waals surface area contributed by atoms with Crippen LogP contribution in [-0.4, -0.2) is 29.4 Å². The van der Waals surface area contributed by atoms with Gasteiger partial charge in [0.25, 0.3) is 0 Å². The third kappa shape index (κ3) is 6.45. The Morgan fingerprint density at radius 3 is 1.93 bits per heavy atom. The van der Waals surface area contributed by atoms with Gasteiger partial charge < -0.3 is 8.98 Å². The molecule has 9 heteroatoms. The second kappa shape index (κ2) is 8.26. The summed E-state index contributed by atoms with van der Waals surface area (Å²) in [7, 11) is -2.61. The van der Waals surface area contributed by atoms with Crippen LogP contribution >= 0.6 is 0 Å². The lowest BCUT2D eigenvalue weighted by Crippen LogP contribution is -2.59. The van der Waals surface area contributed by atoms with Gasteiger partial charge in [0, 0.05) is 23.3 Å². The number of benzene rings is 1. The Balaban J connectivity index is 3.52. The van der Waals surface area contributed by atoms with Crippen LogP contribution in [0.1, 0.15) is 46.6 Å². The van der Waals surface area contributed by atoms with Crippen molar-refractivity contribution in [2.24, 2.45) is 0 Å². The van der Waals surface area contributed by atoms with Gasteiger partial charge in [0.05, 0.1) is 5.54 Å². The summed E-state index contributed by atoms with van der Waals surface area (Å²) >= 11 is -1.73. The molecule has 3 nitrogen and oxygen atoms in total. The van der Waals surface area contributed by atoms with Crippen LogP contribution in [0, 0.1) is 5.82 Å². The molecule has 1 rings (SSSR count). The fraction of sp³-hybridized carbons (Fsp3) is 0.684. The molecule has 162 valence electrons. The van der Waals surface area contributed by atoms with E-state index in [1.807, 2.05) is 0 Å². The molecule has 0 aliphatic carbocycles. The predicted octanol–water partition coefficient (Wildman–Crippen LogP) is 5.66. The van der Waals surface area contributed by atoms with Crippen molar-refractivity contribution >= 4 is 19.7 Å². The summed E-state index contributed by atoms with van der Waals surface area (Å²) < 4.78 is 77.1. The highest BCUT2D eigenvalue weighted by Gasteiger charge is 2.58. The number of hydrogen-bond donors (Lipinski definition) is 1. The van der Waals surface area contributed by atoms with Crippen LogP contribution in [0.2, 0.25) is 19.6 Å². The van der Waals surface area contributed by atoms with Gasteiger partial charge in [-0.25, -0.2) is 4.39 Å². The third-order valence-electron chi connectivity index (χ3n) is 4.16. The molecule has 0 saturated carbocycles. The van der Waals surface area contributed by atoms with Crippen LogP contribution in [0.15, 0.2) is 24.3 Å². The Morgan fingerprint density at radius 2 is 1.54 bits per heavy atom. The molecule has 28 heavy (non-hydrogen) atoms. The molecule has 1 aromatic carbocycles. The summed E-state index contributed by atoms with van der Waals surface area (Å²) in [5.41, 5.74) is -4.10. The number of halogens is 4. The molecule has 1 aromatic rings. The van der Waals surface area contributed by atoms with Crippen LogP contribution in [-0.2, 0) is 21.3 Å². The minimum absolute atomic E-state index is 0.0160. The minimum Gasteiger partial charge on any atom is -0.598 e. The number of rotatable bonds is 7. The van der Waals surface area contributed by atoms with Crippen molar-refractivity contribution in [2.75, 3.05) is 0 Å². The first-order valence-electron chi connectivity index (χ1n) is 9.02. The first-order valence-corrected chi connectivity index (χ1v) is 13.6. The van der Waals surface area contributed by atoms with E-state index in [-0.39, 0.29) is 5.56 Å². The van der Waals surface area contributed by atoms with E-state index in [1.165, 1.54) is 25.1 Å². The normalized spacial score (nSPS) is 19.0. The van der Waals surface area contributed by atoms with Crippen molar-refractivity contribution in [2.45, 2.75) is 82.7 Å². The summed E-state index contributed by atoms with van der Waals surface area (Å²) in [4.78, 5) is 0. The van der Waals surface area contributed by atoms with E-state index >= 15 is 0 Å². The fourth-order valence-electron chi connectivity index (χ4n) is 3.00. The molecule has 0 amide bonds. The van der Waals surface area contributed by atoms with Crippen molar-refractivity contribution in [1.29, 1.82) is 0 Å². The van der Waals surface area contributed by atoms with E-state index < -0.39 is 54.0 Å². The lowest BCUT2D eigenvalue weighted by molar-refractivity contribution is -0.252. The fourth-order valence-corrected chi connectivity index (χ4v) is 5.43. The average Bonchev–Trinajstić information content (AvgIpc) is 2.42. The molecule has 0 bridgehead atoms. The Labute approximate surface area is 169 Å². The molecule has 0 spiro atoms. The predicted molar refractivity (Wildman–Crippen MR) is 108 cm³/mol.